The first-order chi connectivity index (χ1) is 9.17. The zero-order valence-corrected chi connectivity index (χ0v) is 12.1. The van der Waals surface area contributed by atoms with Gasteiger partial charge in [0, 0.05) is 37.7 Å². The summed E-state index contributed by atoms with van der Waals surface area (Å²) in [5, 5.41) is 3.45. The lowest BCUT2D eigenvalue weighted by molar-refractivity contribution is 0.402. The zero-order valence-electron chi connectivity index (χ0n) is 12.1. The molecule has 19 heavy (non-hydrogen) atoms. The predicted octanol–water partition coefficient (Wildman–Crippen LogP) is 3.18. The summed E-state index contributed by atoms with van der Waals surface area (Å²) in [6, 6.07) is 10.8. The topological polar surface area (TPSA) is 20.2 Å². The van der Waals surface area contributed by atoms with Crippen molar-refractivity contribution in [3.63, 3.8) is 0 Å². The van der Waals surface area contributed by atoms with Crippen molar-refractivity contribution >= 4 is 5.69 Å². The van der Waals surface area contributed by atoms with E-state index in [-0.39, 0.29) is 0 Å². The maximum atomic E-state index is 3.45. The summed E-state index contributed by atoms with van der Waals surface area (Å²) in [5.41, 5.74) is 3.83. The molecule has 1 aromatic carbocycles. The molecule has 0 unspecified atom stereocenters. The molecule has 0 spiro atoms. The molecular formula is C16H23N3. The minimum Gasteiger partial charge on any atom is -0.381 e. The van der Waals surface area contributed by atoms with Crippen molar-refractivity contribution in [1.29, 1.82) is 0 Å². The van der Waals surface area contributed by atoms with Gasteiger partial charge in [0.05, 0.1) is 0 Å². The Kier molecular flexibility index (Phi) is 4.63. The van der Waals surface area contributed by atoms with Crippen LogP contribution < -0.4 is 5.32 Å². The first kappa shape index (κ1) is 13.7. The molecule has 1 N–H and O–H groups in total. The van der Waals surface area contributed by atoms with Crippen molar-refractivity contribution in [2.75, 3.05) is 19.4 Å². The molecule has 0 fully saturated rings. The zero-order chi connectivity index (χ0) is 13.7. The third kappa shape index (κ3) is 4.14. The van der Waals surface area contributed by atoms with E-state index in [4.69, 9.17) is 0 Å². The predicted molar refractivity (Wildman–Crippen MR) is 81.3 cm³/mol. The normalized spacial score (nSPS) is 10.9. The van der Waals surface area contributed by atoms with E-state index in [1.54, 1.807) is 0 Å². The molecule has 2 rings (SSSR count). The molecule has 0 aliphatic heterocycles. The number of benzene rings is 1. The van der Waals surface area contributed by atoms with Crippen molar-refractivity contribution in [1.82, 2.24) is 9.47 Å². The van der Waals surface area contributed by atoms with Crippen LogP contribution in [0.15, 0.2) is 42.7 Å². The van der Waals surface area contributed by atoms with Crippen LogP contribution >= 0.6 is 0 Å². The van der Waals surface area contributed by atoms with E-state index in [9.17, 15) is 0 Å². The van der Waals surface area contributed by atoms with Crippen molar-refractivity contribution in [2.45, 2.75) is 26.6 Å². The van der Waals surface area contributed by atoms with E-state index >= 15 is 0 Å². The van der Waals surface area contributed by atoms with Crippen molar-refractivity contribution < 1.29 is 0 Å². The fourth-order valence-corrected chi connectivity index (χ4v) is 2.09. The summed E-state index contributed by atoms with van der Waals surface area (Å²) in [6.07, 6.45) is 4.31. The molecular weight excluding hydrogens is 234 g/mol. The second kappa shape index (κ2) is 6.43. The monoisotopic (exact) mass is 257 g/mol. The molecule has 3 heteroatoms. The number of anilines is 1. The van der Waals surface area contributed by atoms with Crippen LogP contribution in [0, 0.1) is 0 Å². The molecule has 0 bridgehead atoms. The van der Waals surface area contributed by atoms with E-state index in [2.05, 4.69) is 78.5 Å². The second-order valence-corrected chi connectivity index (χ2v) is 5.14. The minimum atomic E-state index is 0.875. The lowest BCUT2D eigenvalue weighted by Gasteiger charge is -2.10. The van der Waals surface area contributed by atoms with E-state index in [1.807, 2.05) is 0 Å². The highest BCUT2D eigenvalue weighted by molar-refractivity contribution is 5.45. The van der Waals surface area contributed by atoms with Crippen molar-refractivity contribution in [3.8, 4) is 0 Å². The van der Waals surface area contributed by atoms with Gasteiger partial charge in [-0.3, -0.25) is 0 Å². The van der Waals surface area contributed by atoms with Gasteiger partial charge in [-0.15, -0.1) is 0 Å². The van der Waals surface area contributed by atoms with Crippen LogP contribution in [0.5, 0.6) is 0 Å². The summed E-state index contributed by atoms with van der Waals surface area (Å²) in [6.45, 7) is 5.04. The van der Waals surface area contributed by atoms with Crippen LogP contribution in [0.3, 0.4) is 0 Å². The number of aromatic nitrogens is 1. The standard InChI is InChI=1S/C16H23N3/c1-4-19-10-9-15(13-19)11-17-16-7-5-14(6-8-16)12-18(2)3/h5-10,13,17H,4,11-12H2,1-3H3. The second-order valence-electron chi connectivity index (χ2n) is 5.14. The van der Waals surface area contributed by atoms with E-state index in [0.29, 0.717) is 0 Å². The van der Waals surface area contributed by atoms with Crippen LogP contribution in [0.1, 0.15) is 18.1 Å². The van der Waals surface area contributed by atoms with Crippen LogP contribution in [-0.4, -0.2) is 23.6 Å². The van der Waals surface area contributed by atoms with Crippen LogP contribution in [0.25, 0.3) is 0 Å². The van der Waals surface area contributed by atoms with Gasteiger partial charge in [-0.1, -0.05) is 12.1 Å². The average molecular weight is 257 g/mol. The first-order valence-electron chi connectivity index (χ1n) is 6.79. The fraction of sp³-hybridized carbons (Fsp3) is 0.375. The number of nitrogens with zero attached hydrogens (tertiary/aromatic N) is 2. The van der Waals surface area contributed by atoms with E-state index < -0.39 is 0 Å². The summed E-state index contributed by atoms with van der Waals surface area (Å²) in [7, 11) is 4.18. The number of rotatable bonds is 6. The van der Waals surface area contributed by atoms with Gasteiger partial charge in [0.1, 0.15) is 0 Å². The molecule has 0 radical (unpaired) electrons. The third-order valence-corrected chi connectivity index (χ3v) is 3.13. The third-order valence-electron chi connectivity index (χ3n) is 3.13. The number of nitrogens with one attached hydrogen (secondary N) is 1. The van der Waals surface area contributed by atoms with Gasteiger partial charge in [-0.25, -0.2) is 0 Å². The maximum Gasteiger partial charge on any atom is 0.0415 e. The van der Waals surface area contributed by atoms with Crippen molar-refractivity contribution in [2.24, 2.45) is 0 Å². The quantitative estimate of drug-likeness (QED) is 0.857. The Morgan fingerprint density at radius 2 is 1.79 bits per heavy atom. The summed E-state index contributed by atoms with van der Waals surface area (Å²) in [5.74, 6) is 0. The van der Waals surface area contributed by atoms with Gasteiger partial charge < -0.3 is 14.8 Å². The molecule has 1 aromatic heterocycles. The molecule has 0 aliphatic carbocycles. The Balaban J connectivity index is 1.89. The minimum absolute atomic E-state index is 0.875. The van der Waals surface area contributed by atoms with Gasteiger partial charge in [0.2, 0.25) is 0 Å². The molecule has 3 nitrogen and oxygen atoms in total. The number of aryl methyl sites for hydroxylation is 1. The molecule has 102 valence electrons. The van der Waals surface area contributed by atoms with Crippen LogP contribution in [0.2, 0.25) is 0 Å². The Morgan fingerprint density at radius 3 is 2.37 bits per heavy atom. The van der Waals surface area contributed by atoms with E-state index in [1.165, 1.54) is 16.8 Å². The van der Waals surface area contributed by atoms with Crippen LogP contribution in [-0.2, 0) is 19.6 Å². The molecule has 0 amide bonds. The van der Waals surface area contributed by atoms with Gasteiger partial charge in [0.25, 0.3) is 0 Å². The number of hydrogen-bond acceptors (Lipinski definition) is 2. The highest BCUT2D eigenvalue weighted by atomic mass is 15.0. The fourth-order valence-electron chi connectivity index (χ4n) is 2.09. The highest BCUT2D eigenvalue weighted by Crippen LogP contribution is 2.12. The Morgan fingerprint density at radius 1 is 1.05 bits per heavy atom. The Bertz CT molecular complexity index is 497. The smallest absolute Gasteiger partial charge is 0.0415 e. The number of hydrogen-bond donors (Lipinski definition) is 1. The van der Waals surface area contributed by atoms with Gasteiger partial charge in [0.15, 0.2) is 0 Å². The largest absolute Gasteiger partial charge is 0.381 e. The molecule has 0 saturated heterocycles. The van der Waals surface area contributed by atoms with Gasteiger partial charge >= 0.3 is 0 Å². The highest BCUT2D eigenvalue weighted by Gasteiger charge is 1.98. The average Bonchev–Trinajstić information content (AvgIpc) is 2.85. The summed E-state index contributed by atoms with van der Waals surface area (Å²) < 4.78 is 2.19. The summed E-state index contributed by atoms with van der Waals surface area (Å²) >= 11 is 0. The lowest BCUT2D eigenvalue weighted by atomic mass is 10.2. The summed E-state index contributed by atoms with van der Waals surface area (Å²) in [4.78, 5) is 2.18. The Labute approximate surface area is 115 Å². The molecule has 0 atom stereocenters. The maximum absolute atomic E-state index is 3.45. The molecule has 2 aromatic rings. The lowest BCUT2D eigenvalue weighted by Crippen LogP contribution is -2.10. The SMILES string of the molecule is CCn1ccc(CNc2ccc(CN(C)C)cc2)c1. The van der Waals surface area contributed by atoms with Gasteiger partial charge in [-0.2, -0.15) is 0 Å². The van der Waals surface area contributed by atoms with E-state index in [0.717, 1.165) is 19.6 Å². The molecule has 0 saturated carbocycles. The molecule has 1 heterocycles. The van der Waals surface area contributed by atoms with Crippen molar-refractivity contribution in [3.05, 3.63) is 53.9 Å². The molecule has 0 aliphatic rings. The van der Waals surface area contributed by atoms with Crippen LogP contribution in [0.4, 0.5) is 5.69 Å². The first-order valence-corrected chi connectivity index (χ1v) is 6.79. The Hall–Kier alpha value is -1.74. The van der Waals surface area contributed by atoms with Gasteiger partial charge in [-0.05, 0) is 50.3 Å².